The fourth-order valence-corrected chi connectivity index (χ4v) is 6.85. The summed E-state index contributed by atoms with van der Waals surface area (Å²) >= 11 is 1.55. The van der Waals surface area contributed by atoms with Crippen LogP contribution in [-0.4, -0.2) is 40.8 Å². The number of aryl methyl sites for hydroxylation is 1. The molecule has 1 aromatic heterocycles. The van der Waals surface area contributed by atoms with E-state index in [4.69, 9.17) is 4.74 Å². The highest BCUT2D eigenvalue weighted by molar-refractivity contribution is 8.00. The molecular weight excluding hydrogens is 516 g/mol. The van der Waals surface area contributed by atoms with Crippen molar-refractivity contribution in [2.24, 2.45) is 13.0 Å². The minimum Gasteiger partial charge on any atom is -0.469 e. The number of para-hydroxylation sites is 1. The Bertz CT molecular complexity index is 1510. The van der Waals surface area contributed by atoms with Gasteiger partial charge in [0.2, 0.25) is 5.91 Å². The average Bonchev–Trinajstić information content (AvgIpc) is 3.30. The van der Waals surface area contributed by atoms with Gasteiger partial charge in [-0.1, -0.05) is 78.4 Å². The number of rotatable bonds is 9. The molecule has 5 rings (SSSR count). The summed E-state index contributed by atoms with van der Waals surface area (Å²) in [6.07, 6.45) is 3.79. The lowest BCUT2D eigenvalue weighted by Gasteiger charge is -2.35. The highest BCUT2D eigenvalue weighted by Crippen LogP contribution is 2.45. The number of nitrogens with zero attached hydrogens (tertiary/aromatic N) is 2. The lowest BCUT2D eigenvalue weighted by atomic mass is 9.72. The molecule has 0 saturated heterocycles. The van der Waals surface area contributed by atoms with Gasteiger partial charge in [-0.15, -0.1) is 11.8 Å². The van der Waals surface area contributed by atoms with Crippen LogP contribution >= 0.6 is 11.8 Å². The van der Waals surface area contributed by atoms with E-state index < -0.39 is 5.92 Å². The summed E-state index contributed by atoms with van der Waals surface area (Å²) in [5, 5.41) is 1.10. The summed E-state index contributed by atoms with van der Waals surface area (Å²) in [5.74, 6) is -0.260. The Morgan fingerprint density at radius 3 is 2.38 bits per heavy atom. The zero-order chi connectivity index (χ0) is 28.1. The van der Waals surface area contributed by atoms with Gasteiger partial charge in [0.1, 0.15) is 0 Å². The van der Waals surface area contributed by atoms with Gasteiger partial charge in [-0.25, -0.2) is 0 Å². The van der Waals surface area contributed by atoms with E-state index >= 15 is 0 Å². The van der Waals surface area contributed by atoms with Gasteiger partial charge < -0.3 is 14.2 Å². The Morgan fingerprint density at radius 1 is 1.00 bits per heavy atom. The number of carbonyl (C=O) groups is 2. The molecule has 40 heavy (non-hydrogen) atoms. The first-order valence-corrected chi connectivity index (χ1v) is 14.8. The molecule has 2 atom stereocenters. The zero-order valence-electron chi connectivity index (χ0n) is 23.4. The van der Waals surface area contributed by atoms with Crippen molar-refractivity contribution in [3.63, 3.8) is 0 Å². The molecule has 206 valence electrons. The van der Waals surface area contributed by atoms with E-state index in [1.807, 2.05) is 72.5 Å². The number of fused-ring (bicyclic) bond motifs is 3. The third kappa shape index (κ3) is 5.73. The minimum atomic E-state index is -0.418. The molecule has 1 aliphatic carbocycles. The highest BCUT2D eigenvalue weighted by Gasteiger charge is 2.41. The van der Waals surface area contributed by atoms with Crippen LogP contribution in [0.25, 0.3) is 10.9 Å². The standard InChI is InChI=1S/C34H36N2O3S/c1-4-25(22-36(21-24-13-7-5-8-14-24)31(37)23-40-26-15-9-6-10-16-26)27-19-20-30-32(33(27)34(38)39-3)28-17-11-12-18-29(28)35(30)2/h4-18,27,33H,19-23H2,1-3H3/b25-4-/t27-,33-/m0/s1. The SMILES string of the molecule is C/C=C(/CN(Cc1ccccc1)C(=O)CSc1ccccc1)[C@@H]1CCc2c(c3ccccc3n2C)[C@H]1C(=O)OC. The first kappa shape index (κ1) is 27.8. The Morgan fingerprint density at radius 2 is 1.68 bits per heavy atom. The molecule has 1 heterocycles. The first-order chi connectivity index (χ1) is 19.5. The van der Waals surface area contributed by atoms with Crippen LogP contribution in [0.5, 0.6) is 0 Å². The number of carbonyl (C=O) groups excluding carboxylic acids is 2. The largest absolute Gasteiger partial charge is 0.469 e. The van der Waals surface area contributed by atoms with E-state index in [-0.39, 0.29) is 17.8 Å². The predicted molar refractivity (Wildman–Crippen MR) is 162 cm³/mol. The molecule has 0 N–H and O–H groups in total. The lowest BCUT2D eigenvalue weighted by Crippen LogP contribution is -2.38. The molecule has 3 aromatic carbocycles. The van der Waals surface area contributed by atoms with E-state index in [0.29, 0.717) is 18.8 Å². The summed E-state index contributed by atoms with van der Waals surface area (Å²) < 4.78 is 7.63. The smallest absolute Gasteiger partial charge is 0.313 e. The summed E-state index contributed by atoms with van der Waals surface area (Å²) in [6.45, 7) is 3.01. The van der Waals surface area contributed by atoms with Crippen LogP contribution in [-0.2, 0) is 34.3 Å². The second-order valence-electron chi connectivity index (χ2n) is 10.3. The number of benzene rings is 3. The highest BCUT2D eigenvalue weighted by atomic mass is 32.2. The average molecular weight is 553 g/mol. The van der Waals surface area contributed by atoms with Crippen molar-refractivity contribution in [1.29, 1.82) is 0 Å². The van der Waals surface area contributed by atoms with Crippen LogP contribution in [0, 0.1) is 5.92 Å². The zero-order valence-corrected chi connectivity index (χ0v) is 24.2. The van der Waals surface area contributed by atoms with Gasteiger partial charge in [0, 0.05) is 41.6 Å². The molecule has 0 fully saturated rings. The second kappa shape index (κ2) is 12.6. The van der Waals surface area contributed by atoms with Crippen LogP contribution in [0.15, 0.2) is 101 Å². The van der Waals surface area contributed by atoms with Crippen LogP contribution in [0.2, 0.25) is 0 Å². The van der Waals surface area contributed by atoms with Crippen molar-refractivity contribution < 1.29 is 14.3 Å². The lowest BCUT2D eigenvalue weighted by molar-refractivity contribution is -0.143. The van der Waals surface area contributed by atoms with Crippen LogP contribution in [0.4, 0.5) is 0 Å². The van der Waals surface area contributed by atoms with Gasteiger partial charge in [0.05, 0.1) is 18.8 Å². The van der Waals surface area contributed by atoms with Crippen LogP contribution < -0.4 is 0 Å². The molecule has 1 aliphatic rings. The van der Waals surface area contributed by atoms with Gasteiger partial charge in [-0.05, 0) is 55.0 Å². The monoisotopic (exact) mass is 552 g/mol. The molecule has 0 aliphatic heterocycles. The minimum absolute atomic E-state index is 0.0522. The van der Waals surface area contributed by atoms with Crippen molar-refractivity contribution in [3.05, 3.63) is 113 Å². The maximum atomic E-state index is 13.7. The van der Waals surface area contributed by atoms with Crippen molar-refractivity contribution >= 4 is 34.5 Å². The van der Waals surface area contributed by atoms with E-state index in [1.54, 1.807) is 11.8 Å². The number of ether oxygens (including phenoxy) is 1. The van der Waals surface area contributed by atoms with Crippen molar-refractivity contribution in [3.8, 4) is 0 Å². The van der Waals surface area contributed by atoms with Crippen molar-refractivity contribution in [2.45, 2.75) is 37.1 Å². The number of aromatic nitrogens is 1. The molecule has 0 saturated carbocycles. The van der Waals surface area contributed by atoms with E-state index in [0.717, 1.165) is 45.3 Å². The molecule has 0 bridgehead atoms. The van der Waals surface area contributed by atoms with Gasteiger partial charge in [0.25, 0.3) is 0 Å². The second-order valence-corrected chi connectivity index (χ2v) is 11.3. The number of hydrogen-bond acceptors (Lipinski definition) is 4. The fourth-order valence-electron chi connectivity index (χ4n) is 6.03. The third-order valence-corrected chi connectivity index (χ3v) is 9.02. The molecular formula is C34H36N2O3S. The Hall–Kier alpha value is -3.77. The summed E-state index contributed by atoms with van der Waals surface area (Å²) in [5.41, 5.74) is 5.58. The van der Waals surface area contributed by atoms with Gasteiger partial charge in [-0.2, -0.15) is 0 Å². The number of allylic oxidation sites excluding steroid dienone is 1. The quantitative estimate of drug-likeness (QED) is 0.131. The van der Waals surface area contributed by atoms with E-state index in [1.165, 1.54) is 12.8 Å². The third-order valence-electron chi connectivity index (χ3n) is 8.03. The predicted octanol–water partition coefficient (Wildman–Crippen LogP) is 6.76. The van der Waals surface area contributed by atoms with E-state index in [2.05, 4.69) is 42.0 Å². The van der Waals surface area contributed by atoms with E-state index in [9.17, 15) is 9.59 Å². The van der Waals surface area contributed by atoms with Gasteiger partial charge in [0.15, 0.2) is 0 Å². The molecule has 1 amide bonds. The Kier molecular flexibility index (Phi) is 8.75. The number of methoxy groups -OCH3 is 1. The fraction of sp³-hybridized carbons (Fsp3) is 0.294. The molecule has 6 heteroatoms. The number of esters is 1. The van der Waals surface area contributed by atoms with Crippen molar-refractivity contribution in [2.75, 3.05) is 19.4 Å². The van der Waals surface area contributed by atoms with Crippen LogP contribution in [0.1, 0.15) is 36.1 Å². The normalized spacial score (nSPS) is 16.9. The summed E-state index contributed by atoms with van der Waals surface area (Å²) in [4.78, 5) is 30.1. The molecule has 0 spiro atoms. The summed E-state index contributed by atoms with van der Waals surface area (Å²) in [6, 6.07) is 28.4. The van der Waals surface area contributed by atoms with Gasteiger partial charge >= 0.3 is 5.97 Å². The van der Waals surface area contributed by atoms with Gasteiger partial charge in [-0.3, -0.25) is 9.59 Å². The maximum Gasteiger partial charge on any atom is 0.313 e. The molecule has 0 radical (unpaired) electrons. The Labute approximate surface area is 240 Å². The topological polar surface area (TPSA) is 51.5 Å². The Balaban J connectivity index is 1.46. The number of amides is 1. The first-order valence-electron chi connectivity index (χ1n) is 13.8. The van der Waals surface area contributed by atoms with Crippen LogP contribution in [0.3, 0.4) is 0 Å². The maximum absolute atomic E-state index is 13.7. The molecule has 0 unspecified atom stereocenters. The molecule has 5 nitrogen and oxygen atoms in total. The molecule has 4 aromatic rings. The summed E-state index contributed by atoms with van der Waals surface area (Å²) in [7, 11) is 3.55. The number of hydrogen-bond donors (Lipinski definition) is 0. The van der Waals surface area contributed by atoms with Crippen molar-refractivity contribution in [1.82, 2.24) is 9.47 Å². The number of thioether (sulfide) groups is 1.